The van der Waals surface area contributed by atoms with Crippen LogP contribution in [0.15, 0.2) is 18.3 Å². The second-order valence-electron chi connectivity index (χ2n) is 6.83. The first kappa shape index (κ1) is 17.9. The summed E-state index contributed by atoms with van der Waals surface area (Å²) < 4.78 is 13.0. The molecule has 3 heterocycles. The van der Waals surface area contributed by atoms with Crippen molar-refractivity contribution in [3.63, 3.8) is 0 Å². The van der Waals surface area contributed by atoms with Crippen LogP contribution in [0.3, 0.4) is 0 Å². The predicted octanol–water partition coefficient (Wildman–Crippen LogP) is 0.799. The third-order valence-electron chi connectivity index (χ3n) is 5.25. The maximum absolute atomic E-state index is 12.2. The van der Waals surface area contributed by atoms with Crippen molar-refractivity contribution in [1.29, 1.82) is 0 Å². The summed E-state index contributed by atoms with van der Waals surface area (Å²) in [6.07, 6.45) is 3.70. The summed E-state index contributed by atoms with van der Waals surface area (Å²) >= 11 is 0. The van der Waals surface area contributed by atoms with E-state index in [1.807, 2.05) is 36.9 Å². The lowest BCUT2D eigenvalue weighted by Crippen LogP contribution is -2.66. The maximum Gasteiger partial charge on any atom is 0.267 e. The smallest absolute Gasteiger partial charge is 0.267 e. The lowest BCUT2D eigenvalue weighted by atomic mass is 9.79. The molecule has 7 nitrogen and oxygen atoms in total. The van der Waals surface area contributed by atoms with Crippen molar-refractivity contribution in [1.82, 2.24) is 14.8 Å². The van der Waals surface area contributed by atoms with Gasteiger partial charge in [0.2, 0.25) is 5.91 Å². The van der Waals surface area contributed by atoms with E-state index in [-0.39, 0.29) is 24.0 Å². The highest BCUT2D eigenvalue weighted by molar-refractivity contribution is 5.92. The van der Waals surface area contributed by atoms with Gasteiger partial charge in [-0.25, -0.2) is 0 Å². The molecule has 0 saturated carbocycles. The van der Waals surface area contributed by atoms with Gasteiger partial charge in [-0.15, -0.1) is 0 Å². The molecular weight excluding hydrogens is 322 g/mol. The Bertz CT molecular complexity index is 622. The number of likely N-dealkylation sites (tertiary alicyclic amines) is 1. The van der Waals surface area contributed by atoms with E-state index in [9.17, 15) is 9.59 Å². The van der Waals surface area contributed by atoms with Crippen molar-refractivity contribution >= 4 is 11.8 Å². The Balaban J connectivity index is 1.45. The Morgan fingerprint density at radius 3 is 2.92 bits per heavy atom. The fourth-order valence-electron chi connectivity index (χ4n) is 3.75. The standard InChI is InChI=1S/C18H27N3O4/c1-3-24-11-16(22)21-12-18(13-21)14(7-10-25-18)6-8-19-17(23)15-5-4-9-20(15)2/h4-5,9,14H,3,6-8,10-13H2,1-2H3,(H,19,23). The molecule has 1 atom stereocenters. The van der Waals surface area contributed by atoms with Crippen LogP contribution >= 0.6 is 0 Å². The molecule has 2 aliphatic heterocycles. The maximum atomic E-state index is 12.2. The Morgan fingerprint density at radius 2 is 2.24 bits per heavy atom. The molecule has 2 amide bonds. The van der Waals surface area contributed by atoms with Crippen LogP contribution in [-0.4, -0.2) is 66.3 Å². The first-order valence-electron chi connectivity index (χ1n) is 8.95. The molecule has 138 valence electrons. The highest BCUT2D eigenvalue weighted by atomic mass is 16.5. The fraction of sp³-hybridized carbons (Fsp3) is 0.667. The van der Waals surface area contributed by atoms with Gasteiger partial charge in [-0.1, -0.05) is 0 Å². The van der Waals surface area contributed by atoms with Crippen molar-refractivity contribution in [2.24, 2.45) is 13.0 Å². The van der Waals surface area contributed by atoms with Gasteiger partial charge in [-0.3, -0.25) is 9.59 Å². The summed E-state index contributed by atoms with van der Waals surface area (Å²) in [5.41, 5.74) is 0.436. The third kappa shape index (κ3) is 3.72. The molecule has 2 fully saturated rings. The van der Waals surface area contributed by atoms with Crippen LogP contribution in [0.4, 0.5) is 0 Å². The van der Waals surface area contributed by atoms with E-state index in [2.05, 4.69) is 5.32 Å². The van der Waals surface area contributed by atoms with Crippen LogP contribution in [0.25, 0.3) is 0 Å². The third-order valence-corrected chi connectivity index (χ3v) is 5.25. The molecular formula is C18H27N3O4. The number of aryl methyl sites for hydroxylation is 1. The lowest BCUT2D eigenvalue weighted by Gasteiger charge is -2.50. The Kier molecular flexibility index (Phi) is 5.44. The minimum atomic E-state index is -0.225. The van der Waals surface area contributed by atoms with Gasteiger partial charge in [0.1, 0.15) is 17.9 Å². The number of hydrogen-bond acceptors (Lipinski definition) is 4. The average molecular weight is 349 g/mol. The number of aromatic nitrogens is 1. The molecule has 2 saturated heterocycles. The highest BCUT2D eigenvalue weighted by Crippen LogP contribution is 2.41. The largest absolute Gasteiger partial charge is 0.372 e. The molecule has 1 unspecified atom stereocenters. The summed E-state index contributed by atoms with van der Waals surface area (Å²) in [6, 6.07) is 3.67. The van der Waals surface area contributed by atoms with E-state index in [1.165, 1.54) is 0 Å². The molecule has 2 aliphatic rings. The van der Waals surface area contributed by atoms with Gasteiger partial charge in [-0.05, 0) is 37.8 Å². The minimum absolute atomic E-state index is 0.0266. The number of ether oxygens (including phenoxy) is 2. The zero-order chi connectivity index (χ0) is 17.9. The van der Waals surface area contributed by atoms with E-state index in [0.717, 1.165) is 19.4 Å². The molecule has 3 rings (SSSR count). The number of rotatable bonds is 7. The molecule has 25 heavy (non-hydrogen) atoms. The van der Waals surface area contributed by atoms with E-state index in [4.69, 9.17) is 9.47 Å². The van der Waals surface area contributed by atoms with Gasteiger partial charge in [0, 0.05) is 33.0 Å². The monoisotopic (exact) mass is 349 g/mol. The summed E-state index contributed by atoms with van der Waals surface area (Å²) in [5.74, 6) is 0.346. The van der Waals surface area contributed by atoms with Crippen LogP contribution in [0.5, 0.6) is 0 Å². The molecule has 7 heteroatoms. The number of hydrogen-bond donors (Lipinski definition) is 1. The molecule has 0 radical (unpaired) electrons. The molecule has 1 aromatic rings. The van der Waals surface area contributed by atoms with Crippen molar-refractivity contribution in [3.05, 3.63) is 24.0 Å². The minimum Gasteiger partial charge on any atom is -0.372 e. The summed E-state index contributed by atoms with van der Waals surface area (Å²) in [4.78, 5) is 25.9. The van der Waals surface area contributed by atoms with Crippen LogP contribution < -0.4 is 5.32 Å². The number of carbonyl (C=O) groups excluding carboxylic acids is 2. The van der Waals surface area contributed by atoms with Gasteiger partial charge < -0.3 is 24.3 Å². The van der Waals surface area contributed by atoms with E-state index in [0.29, 0.717) is 37.9 Å². The first-order valence-corrected chi connectivity index (χ1v) is 8.95. The first-order chi connectivity index (χ1) is 12.1. The molecule has 0 aromatic carbocycles. The van der Waals surface area contributed by atoms with E-state index in [1.54, 1.807) is 4.90 Å². The normalized spacial score (nSPS) is 21.4. The summed E-state index contributed by atoms with van der Waals surface area (Å²) in [7, 11) is 1.86. The molecule has 0 aliphatic carbocycles. The topological polar surface area (TPSA) is 72.8 Å². The van der Waals surface area contributed by atoms with Crippen molar-refractivity contribution in [3.8, 4) is 0 Å². The van der Waals surface area contributed by atoms with E-state index >= 15 is 0 Å². The number of nitrogens with one attached hydrogen (secondary N) is 1. The Morgan fingerprint density at radius 1 is 1.44 bits per heavy atom. The average Bonchev–Trinajstić information content (AvgIpc) is 3.17. The van der Waals surface area contributed by atoms with Crippen LogP contribution in [0.2, 0.25) is 0 Å². The summed E-state index contributed by atoms with van der Waals surface area (Å²) in [6.45, 7) is 5.18. The second-order valence-corrected chi connectivity index (χ2v) is 6.83. The van der Waals surface area contributed by atoms with Crippen molar-refractivity contribution in [2.45, 2.75) is 25.4 Å². The lowest BCUT2D eigenvalue weighted by molar-refractivity contribution is -0.169. The van der Waals surface area contributed by atoms with Crippen LogP contribution in [0, 0.1) is 5.92 Å². The second kappa shape index (κ2) is 7.58. The highest BCUT2D eigenvalue weighted by Gasteiger charge is 2.53. The van der Waals surface area contributed by atoms with Crippen molar-refractivity contribution in [2.75, 3.05) is 39.5 Å². The quantitative estimate of drug-likeness (QED) is 0.790. The Hall–Kier alpha value is -1.86. The predicted molar refractivity (Wildman–Crippen MR) is 92.2 cm³/mol. The number of nitrogens with zero attached hydrogens (tertiary/aromatic N) is 2. The van der Waals surface area contributed by atoms with Gasteiger partial charge in [0.25, 0.3) is 5.91 Å². The number of amides is 2. The van der Waals surface area contributed by atoms with Crippen LogP contribution in [0.1, 0.15) is 30.3 Å². The van der Waals surface area contributed by atoms with Crippen LogP contribution in [-0.2, 0) is 21.3 Å². The molecule has 0 bridgehead atoms. The molecule has 1 N–H and O–H groups in total. The SMILES string of the molecule is CCOCC(=O)N1CC2(C1)OCCC2CCNC(=O)c1cccn1C. The zero-order valence-electron chi connectivity index (χ0n) is 15.0. The number of carbonyl (C=O) groups is 2. The van der Waals surface area contributed by atoms with Gasteiger partial charge in [-0.2, -0.15) is 0 Å². The van der Waals surface area contributed by atoms with Gasteiger partial charge >= 0.3 is 0 Å². The van der Waals surface area contributed by atoms with Gasteiger partial charge in [0.05, 0.1) is 13.1 Å². The van der Waals surface area contributed by atoms with Crippen molar-refractivity contribution < 1.29 is 19.1 Å². The Labute approximate surface area is 148 Å². The van der Waals surface area contributed by atoms with Gasteiger partial charge in [0.15, 0.2) is 0 Å². The zero-order valence-corrected chi connectivity index (χ0v) is 15.0. The van der Waals surface area contributed by atoms with E-state index < -0.39 is 0 Å². The molecule has 1 aromatic heterocycles. The molecule has 1 spiro atoms. The fourth-order valence-corrected chi connectivity index (χ4v) is 3.75. The summed E-state index contributed by atoms with van der Waals surface area (Å²) in [5, 5.41) is 2.98.